The third-order valence-corrected chi connectivity index (χ3v) is 9.99. The van der Waals surface area contributed by atoms with Gasteiger partial charge in [0.25, 0.3) is 5.91 Å². The lowest BCUT2D eigenvalue weighted by molar-refractivity contribution is -0.143. The third-order valence-electron chi connectivity index (χ3n) is 9.99. The number of nitrogens with one attached hydrogen (secondary N) is 5. The predicted molar refractivity (Wildman–Crippen MR) is 191 cm³/mol. The van der Waals surface area contributed by atoms with Crippen LogP contribution in [0.4, 0.5) is 0 Å². The molecule has 6 rings (SSSR count). The van der Waals surface area contributed by atoms with Gasteiger partial charge in [-0.2, -0.15) is 0 Å². The molecular weight excluding hydrogens is 668 g/mol. The molecule has 0 radical (unpaired) electrons. The lowest BCUT2D eigenvalue weighted by Crippen LogP contribution is -2.60. The molecule has 280 valence electrons. The molecule has 2 fully saturated rings. The van der Waals surface area contributed by atoms with Crippen molar-refractivity contribution in [3.8, 4) is 5.75 Å². The summed E-state index contributed by atoms with van der Waals surface area (Å²) in [7, 11) is 0. The SMILES string of the molecule is C[C@@H]1NC(=O)[C@H]([C@@H](C)O)NC(=O)[C@@H]2C[C@H](NC(=O)CCC3CCC3)CN2C(=O)[C@H](Cc2ccccc2)NC(=O)COc2ccc(cc2)CCNC1=O. The Labute approximate surface area is 303 Å². The molecule has 1 aliphatic carbocycles. The number of fused-ring (bicyclic) bond motifs is 16. The maximum Gasteiger partial charge on any atom is 0.258 e. The number of carbonyl (C=O) groups is 6. The largest absolute Gasteiger partial charge is 0.484 e. The van der Waals surface area contributed by atoms with Crippen molar-refractivity contribution in [1.82, 2.24) is 31.5 Å². The number of benzene rings is 2. The number of ether oxygens (including phenoxy) is 1. The first-order valence-corrected chi connectivity index (χ1v) is 18.2. The average Bonchev–Trinajstić information content (AvgIpc) is 3.52. The second-order valence-corrected chi connectivity index (χ2v) is 14.1. The molecule has 14 nitrogen and oxygen atoms in total. The Kier molecular flexibility index (Phi) is 13.2. The minimum Gasteiger partial charge on any atom is -0.484 e. The van der Waals surface area contributed by atoms with Gasteiger partial charge in [0.2, 0.25) is 29.5 Å². The van der Waals surface area contributed by atoms with Crippen LogP contribution in [0.2, 0.25) is 0 Å². The van der Waals surface area contributed by atoms with Gasteiger partial charge in [-0.3, -0.25) is 28.8 Å². The number of aliphatic hydroxyl groups excluding tert-OH is 1. The summed E-state index contributed by atoms with van der Waals surface area (Å²) in [6.07, 6.45) is 3.77. The zero-order valence-corrected chi connectivity index (χ0v) is 29.8. The highest BCUT2D eigenvalue weighted by Gasteiger charge is 2.44. The molecule has 4 aliphatic rings. The van der Waals surface area contributed by atoms with E-state index in [0.717, 1.165) is 30.4 Å². The summed E-state index contributed by atoms with van der Waals surface area (Å²) < 4.78 is 5.73. The van der Waals surface area contributed by atoms with Crippen molar-refractivity contribution in [1.29, 1.82) is 0 Å². The average molecular weight is 719 g/mol. The lowest BCUT2D eigenvalue weighted by Gasteiger charge is -2.30. The Balaban J connectivity index is 1.42. The molecule has 2 aromatic carbocycles. The molecule has 14 heteroatoms. The number of hydrogen-bond donors (Lipinski definition) is 6. The van der Waals surface area contributed by atoms with Crippen LogP contribution < -0.4 is 31.3 Å². The van der Waals surface area contributed by atoms with E-state index in [0.29, 0.717) is 24.5 Å². The quantitative estimate of drug-likeness (QED) is 0.223. The number of hydrogen-bond acceptors (Lipinski definition) is 8. The maximum absolute atomic E-state index is 14.4. The van der Waals surface area contributed by atoms with Crippen molar-refractivity contribution < 1.29 is 38.6 Å². The molecule has 6 atom stereocenters. The minimum atomic E-state index is -1.45. The molecule has 3 heterocycles. The number of carbonyl (C=O) groups excluding carboxylic acids is 6. The number of rotatable bonds is 7. The fourth-order valence-electron chi connectivity index (χ4n) is 6.74. The first-order chi connectivity index (χ1) is 25.0. The van der Waals surface area contributed by atoms with E-state index >= 15 is 0 Å². The summed E-state index contributed by atoms with van der Waals surface area (Å²) in [5, 5.41) is 24.3. The molecule has 2 aromatic rings. The molecule has 2 bridgehead atoms. The first-order valence-electron chi connectivity index (χ1n) is 18.2. The summed E-state index contributed by atoms with van der Waals surface area (Å²) >= 11 is 0. The van der Waals surface area contributed by atoms with Crippen molar-refractivity contribution in [3.05, 3.63) is 65.7 Å². The number of amides is 6. The highest BCUT2D eigenvalue weighted by molar-refractivity contribution is 5.96. The molecule has 1 saturated carbocycles. The zero-order valence-electron chi connectivity index (χ0n) is 29.8. The topological polar surface area (TPSA) is 195 Å². The van der Waals surface area contributed by atoms with Gasteiger partial charge in [0.15, 0.2) is 6.61 Å². The first kappa shape index (κ1) is 38.3. The van der Waals surface area contributed by atoms with Gasteiger partial charge in [-0.1, -0.05) is 61.7 Å². The normalized spacial score (nSPS) is 25.9. The highest BCUT2D eigenvalue weighted by atomic mass is 16.5. The Morgan fingerprint density at radius 1 is 0.962 bits per heavy atom. The van der Waals surface area contributed by atoms with Gasteiger partial charge in [-0.15, -0.1) is 0 Å². The van der Waals surface area contributed by atoms with E-state index in [1.807, 2.05) is 42.5 Å². The zero-order chi connectivity index (χ0) is 37.2. The number of aliphatic hydroxyl groups is 1. The van der Waals surface area contributed by atoms with E-state index in [4.69, 9.17) is 4.74 Å². The molecule has 6 N–H and O–H groups in total. The van der Waals surface area contributed by atoms with Crippen molar-refractivity contribution in [2.75, 3.05) is 19.7 Å². The Morgan fingerprint density at radius 2 is 1.69 bits per heavy atom. The number of nitrogens with zero attached hydrogens (tertiary/aromatic N) is 1. The van der Waals surface area contributed by atoms with Crippen LogP contribution in [-0.4, -0.2) is 101 Å². The Hall–Kier alpha value is -4.98. The highest BCUT2D eigenvalue weighted by Crippen LogP contribution is 2.30. The smallest absolute Gasteiger partial charge is 0.258 e. The standard InChI is InChI=1S/C38H50N6O8/c1-23-35(48)39-18-17-26-11-14-29(15-12-26)52-22-33(47)42-30(19-27-7-4-3-5-8-27)38(51)44-21-28(41-32(46)16-13-25-9-6-10-25)20-31(44)36(49)43-34(24(2)45)37(50)40-23/h3-5,7-8,11-12,14-15,23-25,28,30-31,34,45H,6,9-10,13,16-22H2,1-2H3,(H,39,48)(H,40,50)(H,41,46)(H,42,47)(H,43,49)/t23-,24+,28-,30-,31-,34-/m0/s1. The van der Waals surface area contributed by atoms with Crippen molar-refractivity contribution in [2.45, 2.75) is 102 Å². The molecular formula is C38H50N6O8. The van der Waals surface area contributed by atoms with Gasteiger partial charge >= 0.3 is 0 Å². The van der Waals surface area contributed by atoms with Crippen LogP contribution in [0.15, 0.2) is 54.6 Å². The lowest BCUT2D eigenvalue weighted by atomic mass is 9.82. The molecule has 0 unspecified atom stereocenters. The van der Waals surface area contributed by atoms with Crippen LogP contribution in [0.5, 0.6) is 5.75 Å². The predicted octanol–water partition coefficient (Wildman–Crippen LogP) is 0.502. The van der Waals surface area contributed by atoms with Crippen LogP contribution >= 0.6 is 0 Å². The van der Waals surface area contributed by atoms with E-state index in [1.165, 1.54) is 25.2 Å². The molecule has 6 amide bonds. The Bertz CT molecular complexity index is 1580. The van der Waals surface area contributed by atoms with E-state index in [-0.39, 0.29) is 38.4 Å². The van der Waals surface area contributed by atoms with Gasteiger partial charge in [-0.25, -0.2) is 0 Å². The summed E-state index contributed by atoms with van der Waals surface area (Å²) in [4.78, 5) is 82.1. The molecule has 1 saturated heterocycles. The molecule has 3 aliphatic heterocycles. The van der Waals surface area contributed by atoms with Crippen LogP contribution in [0, 0.1) is 5.92 Å². The summed E-state index contributed by atoms with van der Waals surface area (Å²) in [6, 6.07) is 10.9. The van der Waals surface area contributed by atoms with Gasteiger partial charge < -0.3 is 41.3 Å². The summed E-state index contributed by atoms with van der Waals surface area (Å²) in [6.45, 7) is 2.72. The van der Waals surface area contributed by atoms with Crippen molar-refractivity contribution >= 4 is 35.4 Å². The summed E-state index contributed by atoms with van der Waals surface area (Å²) in [5.74, 6) is -2.28. The van der Waals surface area contributed by atoms with E-state index in [1.54, 1.807) is 12.1 Å². The molecule has 0 aromatic heterocycles. The van der Waals surface area contributed by atoms with E-state index < -0.39 is 65.8 Å². The summed E-state index contributed by atoms with van der Waals surface area (Å²) in [5.41, 5.74) is 1.67. The molecule has 52 heavy (non-hydrogen) atoms. The van der Waals surface area contributed by atoms with Gasteiger partial charge in [0, 0.05) is 32.0 Å². The second kappa shape index (κ2) is 18.0. The minimum absolute atomic E-state index is 0.0150. The molecule has 0 spiro atoms. The third kappa shape index (κ3) is 10.5. The fraction of sp³-hybridized carbons (Fsp3) is 0.526. The monoisotopic (exact) mass is 718 g/mol. The van der Waals surface area contributed by atoms with Gasteiger partial charge in [0.1, 0.15) is 29.9 Å². The fourth-order valence-corrected chi connectivity index (χ4v) is 6.74. The van der Waals surface area contributed by atoms with Crippen LogP contribution in [0.3, 0.4) is 0 Å². The second-order valence-electron chi connectivity index (χ2n) is 14.1. The van der Waals surface area contributed by atoms with Crippen LogP contribution in [-0.2, 0) is 41.6 Å². The van der Waals surface area contributed by atoms with E-state index in [2.05, 4.69) is 26.6 Å². The Morgan fingerprint density at radius 3 is 2.37 bits per heavy atom. The maximum atomic E-state index is 14.4. The van der Waals surface area contributed by atoms with Crippen LogP contribution in [0.25, 0.3) is 0 Å². The van der Waals surface area contributed by atoms with Gasteiger partial charge in [0.05, 0.1) is 6.10 Å². The van der Waals surface area contributed by atoms with Gasteiger partial charge in [-0.05, 0) is 62.3 Å². The van der Waals surface area contributed by atoms with Crippen molar-refractivity contribution in [3.63, 3.8) is 0 Å². The van der Waals surface area contributed by atoms with Crippen molar-refractivity contribution in [2.24, 2.45) is 5.92 Å². The van der Waals surface area contributed by atoms with Crippen LogP contribution in [0.1, 0.15) is 63.5 Å². The van der Waals surface area contributed by atoms with E-state index in [9.17, 15) is 33.9 Å².